The first-order valence-corrected chi connectivity index (χ1v) is 11.0. The van der Waals surface area contributed by atoms with Crippen LogP contribution in [-0.2, 0) is 9.59 Å². The number of carbonyl (C=O) groups is 3. The second-order valence-electron chi connectivity index (χ2n) is 8.44. The first-order chi connectivity index (χ1) is 17.7. The van der Waals surface area contributed by atoms with Crippen molar-refractivity contribution >= 4 is 17.8 Å². The van der Waals surface area contributed by atoms with Gasteiger partial charge >= 0.3 is 24.3 Å². The number of carboxylic acids is 2. The van der Waals surface area contributed by atoms with Crippen LogP contribution in [0.5, 0.6) is 5.88 Å². The minimum Gasteiger partial charge on any atom is -0.477 e. The molecule has 3 heterocycles. The van der Waals surface area contributed by atoms with Crippen molar-refractivity contribution in [2.75, 3.05) is 19.7 Å². The molecule has 38 heavy (non-hydrogen) atoms. The molecule has 0 unspecified atom stereocenters. The number of aromatic nitrogens is 2. The van der Waals surface area contributed by atoms with Crippen LogP contribution < -0.4 is 4.74 Å². The van der Waals surface area contributed by atoms with Crippen molar-refractivity contribution in [2.45, 2.75) is 31.6 Å². The van der Waals surface area contributed by atoms with E-state index in [0.29, 0.717) is 24.0 Å². The quantitative estimate of drug-likeness (QED) is 0.545. The van der Waals surface area contributed by atoms with E-state index in [1.54, 1.807) is 18.6 Å². The molecule has 0 radical (unpaired) electrons. The summed E-state index contributed by atoms with van der Waals surface area (Å²) in [7, 11) is 0. The van der Waals surface area contributed by atoms with Crippen molar-refractivity contribution in [3.05, 3.63) is 54.5 Å². The molecular weight excluding hydrogens is 528 g/mol. The first kappa shape index (κ1) is 30.3. The summed E-state index contributed by atoms with van der Waals surface area (Å²) in [6.45, 7) is 2.21. The van der Waals surface area contributed by atoms with Crippen molar-refractivity contribution in [3.63, 3.8) is 0 Å². The summed E-state index contributed by atoms with van der Waals surface area (Å²) >= 11 is 0. The van der Waals surface area contributed by atoms with E-state index in [0.717, 1.165) is 19.5 Å². The Hall–Kier alpha value is -3.91. The number of fused-ring (bicyclic) bond motifs is 1. The second kappa shape index (κ2) is 12.6. The summed E-state index contributed by atoms with van der Waals surface area (Å²) in [5.41, 5.74) is 0.730. The number of hydrogen-bond acceptors (Lipinski definition) is 6. The third kappa shape index (κ3) is 8.59. The van der Waals surface area contributed by atoms with Gasteiger partial charge in [0.05, 0.1) is 12.2 Å². The normalized spacial score (nSPS) is 20.3. The molecule has 0 spiro atoms. The predicted octanol–water partition coefficient (Wildman–Crippen LogP) is 4.06. The number of nitrogens with zero attached hydrogens (tertiary/aromatic N) is 3. The van der Waals surface area contributed by atoms with E-state index >= 15 is 0 Å². The molecule has 0 bridgehead atoms. The van der Waals surface area contributed by atoms with Gasteiger partial charge in [-0.2, -0.15) is 26.3 Å². The molecule has 1 saturated carbocycles. The molecule has 2 aromatic heterocycles. The molecule has 1 aliphatic heterocycles. The second-order valence-corrected chi connectivity index (χ2v) is 8.44. The molecule has 1 saturated heterocycles. The lowest BCUT2D eigenvalue weighted by Gasteiger charge is -2.28. The summed E-state index contributed by atoms with van der Waals surface area (Å²) in [5.74, 6) is -4.26. The van der Waals surface area contributed by atoms with E-state index in [1.165, 1.54) is 12.8 Å². The van der Waals surface area contributed by atoms with Crippen LogP contribution in [0.2, 0.25) is 0 Å². The maximum atomic E-state index is 12.7. The Morgan fingerprint density at radius 2 is 1.63 bits per heavy atom. The number of rotatable bonds is 4. The van der Waals surface area contributed by atoms with Gasteiger partial charge in [-0.05, 0) is 37.0 Å². The van der Waals surface area contributed by atoms with Gasteiger partial charge in [-0.25, -0.2) is 14.6 Å². The standard InChI is InChI=1S/C19H21N3O2.2C2HF3O2/c23-18(15-5-4-9-20-11-15)22-12-16-6-3-8-19(16,13-22)14-24-17-7-1-2-10-21-17;2*3-2(4,5)1(6)7/h1-2,4-5,7,9-11,16H,3,6,8,12-14H2;2*(H,6,7)/t16-,19+;;/m1../s1. The first-order valence-electron chi connectivity index (χ1n) is 11.0. The molecule has 208 valence electrons. The molecule has 9 nitrogen and oxygen atoms in total. The number of halogens is 6. The Balaban J connectivity index is 0.000000301. The Bertz CT molecular complexity index is 1060. The van der Waals surface area contributed by atoms with Crippen LogP contribution in [0, 0.1) is 11.3 Å². The predicted molar refractivity (Wildman–Crippen MR) is 117 cm³/mol. The fourth-order valence-electron chi connectivity index (χ4n) is 4.13. The lowest BCUT2D eigenvalue weighted by molar-refractivity contribution is -0.193. The lowest BCUT2D eigenvalue weighted by atomic mass is 9.81. The van der Waals surface area contributed by atoms with E-state index in [2.05, 4.69) is 9.97 Å². The number of pyridine rings is 2. The smallest absolute Gasteiger partial charge is 0.477 e. The van der Waals surface area contributed by atoms with Crippen molar-refractivity contribution in [1.29, 1.82) is 0 Å². The van der Waals surface area contributed by atoms with Gasteiger partial charge in [0.1, 0.15) is 0 Å². The summed E-state index contributed by atoms with van der Waals surface area (Å²) in [5, 5.41) is 14.2. The molecule has 0 aromatic carbocycles. The molecule has 2 N–H and O–H groups in total. The molecule has 2 atom stereocenters. The van der Waals surface area contributed by atoms with Crippen LogP contribution in [0.4, 0.5) is 26.3 Å². The van der Waals surface area contributed by atoms with Crippen LogP contribution in [0.1, 0.15) is 29.6 Å². The molecule has 2 aromatic rings. The number of aliphatic carboxylic acids is 2. The molecule has 2 aliphatic rings. The highest BCUT2D eigenvalue weighted by atomic mass is 19.4. The number of alkyl halides is 6. The van der Waals surface area contributed by atoms with Crippen LogP contribution in [0.3, 0.4) is 0 Å². The third-order valence-electron chi connectivity index (χ3n) is 5.87. The Kier molecular flexibility index (Phi) is 10.0. The fourth-order valence-corrected chi connectivity index (χ4v) is 4.13. The average molecular weight is 551 g/mol. The van der Waals surface area contributed by atoms with Crippen molar-refractivity contribution in [3.8, 4) is 5.88 Å². The highest BCUT2D eigenvalue weighted by Gasteiger charge is 2.51. The summed E-state index contributed by atoms with van der Waals surface area (Å²) in [6, 6.07) is 9.34. The lowest BCUT2D eigenvalue weighted by Crippen LogP contribution is -2.35. The van der Waals surface area contributed by atoms with Gasteiger partial charge in [0.15, 0.2) is 0 Å². The maximum Gasteiger partial charge on any atom is 0.490 e. The summed E-state index contributed by atoms with van der Waals surface area (Å²) in [4.78, 5) is 40.8. The maximum absolute atomic E-state index is 12.7. The number of ether oxygens (including phenoxy) is 1. The van der Waals surface area contributed by atoms with Gasteiger partial charge in [0.2, 0.25) is 5.88 Å². The average Bonchev–Trinajstić information content (AvgIpc) is 3.41. The van der Waals surface area contributed by atoms with Crippen LogP contribution >= 0.6 is 0 Å². The topological polar surface area (TPSA) is 130 Å². The zero-order chi connectivity index (χ0) is 28.6. The number of carbonyl (C=O) groups excluding carboxylic acids is 1. The minimum atomic E-state index is -5.08. The molecule has 2 fully saturated rings. The monoisotopic (exact) mass is 551 g/mol. The Morgan fingerprint density at radius 1 is 1.00 bits per heavy atom. The van der Waals surface area contributed by atoms with Crippen molar-refractivity contribution in [1.82, 2.24) is 14.9 Å². The SMILES string of the molecule is O=C(O)C(F)(F)F.O=C(O)C(F)(F)F.O=C(c1cccnc1)N1C[C@H]2CCC[C@@]2(COc2ccccn2)C1. The van der Waals surface area contributed by atoms with Crippen LogP contribution in [-0.4, -0.2) is 75.0 Å². The van der Waals surface area contributed by atoms with Gasteiger partial charge in [-0.15, -0.1) is 0 Å². The molecule has 4 rings (SSSR count). The number of carboxylic acid groups (broad SMARTS) is 2. The van der Waals surface area contributed by atoms with Gasteiger partial charge in [-0.3, -0.25) is 9.78 Å². The largest absolute Gasteiger partial charge is 0.490 e. The Morgan fingerprint density at radius 3 is 2.13 bits per heavy atom. The van der Waals surface area contributed by atoms with E-state index < -0.39 is 24.3 Å². The summed E-state index contributed by atoms with van der Waals surface area (Å²) in [6.07, 6.45) is -1.59. The van der Waals surface area contributed by atoms with Gasteiger partial charge in [0, 0.05) is 43.2 Å². The van der Waals surface area contributed by atoms with Gasteiger partial charge in [0.25, 0.3) is 5.91 Å². The zero-order valence-corrected chi connectivity index (χ0v) is 19.6. The Labute approximate surface area is 212 Å². The summed E-state index contributed by atoms with van der Waals surface area (Å²) < 4.78 is 69.4. The van der Waals surface area contributed by atoms with Crippen molar-refractivity contribution < 1.29 is 55.7 Å². The molecular formula is C23H23F6N3O6. The van der Waals surface area contributed by atoms with Gasteiger partial charge in [-0.1, -0.05) is 12.5 Å². The highest BCUT2D eigenvalue weighted by molar-refractivity contribution is 5.94. The van der Waals surface area contributed by atoms with Crippen LogP contribution in [0.15, 0.2) is 48.9 Å². The minimum absolute atomic E-state index is 0.0649. The number of hydrogen-bond donors (Lipinski definition) is 2. The van der Waals surface area contributed by atoms with Crippen molar-refractivity contribution in [2.24, 2.45) is 11.3 Å². The van der Waals surface area contributed by atoms with E-state index in [1.807, 2.05) is 35.2 Å². The van der Waals surface area contributed by atoms with E-state index in [-0.39, 0.29) is 11.3 Å². The molecule has 1 amide bonds. The van der Waals surface area contributed by atoms with E-state index in [4.69, 9.17) is 24.5 Å². The van der Waals surface area contributed by atoms with E-state index in [9.17, 15) is 31.1 Å². The van der Waals surface area contributed by atoms with Gasteiger partial charge < -0.3 is 19.8 Å². The number of likely N-dealkylation sites (tertiary alicyclic amines) is 1. The zero-order valence-electron chi connectivity index (χ0n) is 19.6. The molecule has 1 aliphatic carbocycles. The number of amides is 1. The third-order valence-corrected chi connectivity index (χ3v) is 5.87. The molecule has 15 heteroatoms. The highest BCUT2D eigenvalue weighted by Crippen LogP contribution is 2.49. The van der Waals surface area contributed by atoms with Crippen LogP contribution in [0.25, 0.3) is 0 Å². The fraction of sp³-hybridized carbons (Fsp3) is 0.435.